The highest BCUT2D eigenvalue weighted by Crippen LogP contribution is 2.22. The topological polar surface area (TPSA) is 40.6 Å². The molecule has 1 aliphatic heterocycles. The van der Waals surface area contributed by atoms with Crippen LogP contribution in [0.2, 0.25) is 0 Å². The molecule has 0 atom stereocenters. The van der Waals surface area contributed by atoms with Crippen LogP contribution in [0.25, 0.3) is 0 Å². The molecule has 0 bridgehead atoms. The number of sulfonamides is 1. The Kier molecular flexibility index (Phi) is 5.75. The second-order valence-electron chi connectivity index (χ2n) is 6.93. The van der Waals surface area contributed by atoms with Crippen LogP contribution in [0.5, 0.6) is 0 Å². The second-order valence-corrected chi connectivity index (χ2v) is 8.84. The lowest BCUT2D eigenvalue weighted by atomic mass is 10.1. The minimum absolute atomic E-state index is 0.200. The second kappa shape index (κ2) is 7.86. The van der Waals surface area contributed by atoms with Gasteiger partial charge in [-0.25, -0.2) is 12.8 Å². The molecule has 2 aromatic rings. The lowest BCUT2D eigenvalue weighted by molar-refractivity contribution is 0.278. The van der Waals surface area contributed by atoms with Gasteiger partial charge in [-0.2, -0.15) is 4.31 Å². The third-order valence-corrected chi connectivity index (χ3v) is 6.89. The van der Waals surface area contributed by atoms with Crippen LogP contribution in [-0.2, 0) is 16.6 Å². The van der Waals surface area contributed by atoms with Crippen molar-refractivity contribution in [3.63, 3.8) is 0 Å². The Hall–Kier alpha value is -1.76. The molecule has 26 heavy (non-hydrogen) atoms. The molecule has 140 valence electrons. The number of hydrogen-bond donors (Lipinski definition) is 0. The number of rotatable bonds is 4. The average Bonchev–Trinajstić information content (AvgIpc) is 2.83. The van der Waals surface area contributed by atoms with Crippen LogP contribution in [-0.4, -0.2) is 43.8 Å². The van der Waals surface area contributed by atoms with Crippen molar-refractivity contribution in [3.8, 4) is 0 Å². The standard InChI is InChI=1S/C20H25FN2O2S/c1-16-4-6-18(7-5-16)15-22-10-3-11-23(13-12-22)26(24,25)20-9-8-19(21)14-17(20)2/h4-9,14H,3,10-13,15H2,1-2H3. The first-order valence-electron chi connectivity index (χ1n) is 8.90. The highest BCUT2D eigenvalue weighted by atomic mass is 32.2. The summed E-state index contributed by atoms with van der Waals surface area (Å²) in [4.78, 5) is 2.49. The minimum Gasteiger partial charge on any atom is -0.298 e. The Bertz CT molecular complexity index is 866. The summed E-state index contributed by atoms with van der Waals surface area (Å²) < 4.78 is 40.8. The Morgan fingerprint density at radius 2 is 1.69 bits per heavy atom. The van der Waals surface area contributed by atoms with Gasteiger partial charge in [-0.05, 0) is 56.1 Å². The third-order valence-electron chi connectivity index (χ3n) is 4.83. The highest BCUT2D eigenvalue weighted by molar-refractivity contribution is 7.89. The van der Waals surface area contributed by atoms with Crippen molar-refractivity contribution in [2.45, 2.75) is 31.7 Å². The van der Waals surface area contributed by atoms with Gasteiger partial charge in [-0.3, -0.25) is 4.90 Å². The molecular formula is C20H25FN2O2S. The smallest absolute Gasteiger partial charge is 0.243 e. The Morgan fingerprint density at radius 1 is 0.962 bits per heavy atom. The van der Waals surface area contributed by atoms with Crippen LogP contribution < -0.4 is 0 Å². The molecule has 1 saturated heterocycles. The normalized spacial score (nSPS) is 17.2. The van der Waals surface area contributed by atoms with E-state index in [1.807, 2.05) is 0 Å². The van der Waals surface area contributed by atoms with E-state index in [2.05, 4.69) is 36.1 Å². The molecule has 0 radical (unpaired) electrons. The summed E-state index contributed by atoms with van der Waals surface area (Å²) >= 11 is 0. The van der Waals surface area contributed by atoms with Gasteiger partial charge in [0.15, 0.2) is 0 Å². The van der Waals surface area contributed by atoms with Crippen LogP contribution in [0, 0.1) is 19.7 Å². The Morgan fingerprint density at radius 3 is 2.38 bits per heavy atom. The quantitative estimate of drug-likeness (QED) is 0.822. The number of halogens is 1. The molecule has 0 N–H and O–H groups in total. The first kappa shape index (κ1) is 19.0. The fraction of sp³-hybridized carbons (Fsp3) is 0.400. The van der Waals surface area contributed by atoms with E-state index in [9.17, 15) is 12.8 Å². The molecule has 0 aliphatic carbocycles. The maximum atomic E-state index is 13.3. The molecule has 4 nitrogen and oxygen atoms in total. The van der Waals surface area contributed by atoms with Crippen LogP contribution >= 0.6 is 0 Å². The van der Waals surface area contributed by atoms with Gasteiger partial charge in [-0.1, -0.05) is 29.8 Å². The SMILES string of the molecule is Cc1ccc(CN2CCCN(S(=O)(=O)c3ccc(F)cc3C)CC2)cc1. The Labute approximate surface area is 155 Å². The van der Waals surface area contributed by atoms with E-state index in [4.69, 9.17) is 0 Å². The zero-order valence-electron chi connectivity index (χ0n) is 15.3. The Balaban J connectivity index is 1.70. The van der Waals surface area contributed by atoms with E-state index in [1.54, 1.807) is 6.92 Å². The van der Waals surface area contributed by atoms with Crippen LogP contribution in [0.4, 0.5) is 4.39 Å². The molecular weight excluding hydrogens is 351 g/mol. The summed E-state index contributed by atoms with van der Waals surface area (Å²) in [6.07, 6.45) is 0.783. The number of benzene rings is 2. The van der Waals surface area contributed by atoms with Crippen LogP contribution in [0.15, 0.2) is 47.4 Å². The van der Waals surface area contributed by atoms with E-state index < -0.39 is 15.8 Å². The summed E-state index contributed by atoms with van der Waals surface area (Å²) in [6.45, 7) is 7.02. The number of nitrogens with zero attached hydrogens (tertiary/aromatic N) is 2. The van der Waals surface area contributed by atoms with Gasteiger partial charge in [0.1, 0.15) is 5.82 Å². The van der Waals surface area contributed by atoms with Gasteiger partial charge < -0.3 is 0 Å². The van der Waals surface area contributed by atoms with Crippen molar-refractivity contribution in [3.05, 3.63) is 65.0 Å². The monoisotopic (exact) mass is 376 g/mol. The molecule has 3 rings (SSSR count). The molecule has 1 heterocycles. The molecule has 1 aliphatic rings. The predicted molar refractivity (Wildman–Crippen MR) is 101 cm³/mol. The first-order chi connectivity index (χ1) is 12.4. The molecule has 0 aromatic heterocycles. The number of hydrogen-bond acceptors (Lipinski definition) is 3. The summed E-state index contributed by atoms with van der Waals surface area (Å²) in [6, 6.07) is 12.3. The van der Waals surface area contributed by atoms with Gasteiger partial charge in [0.2, 0.25) is 10.0 Å². The van der Waals surface area contributed by atoms with E-state index in [0.29, 0.717) is 25.2 Å². The largest absolute Gasteiger partial charge is 0.298 e. The van der Waals surface area contributed by atoms with Crippen molar-refractivity contribution in [1.29, 1.82) is 0 Å². The molecule has 0 saturated carbocycles. The molecule has 0 unspecified atom stereocenters. The summed E-state index contributed by atoms with van der Waals surface area (Å²) in [5.41, 5.74) is 2.92. The van der Waals surface area contributed by atoms with Crippen molar-refractivity contribution in [2.24, 2.45) is 0 Å². The van der Waals surface area contributed by atoms with E-state index in [0.717, 1.165) is 19.5 Å². The lowest BCUT2D eigenvalue weighted by Crippen LogP contribution is -2.35. The van der Waals surface area contributed by atoms with Crippen molar-refractivity contribution in [1.82, 2.24) is 9.21 Å². The molecule has 2 aromatic carbocycles. The molecule has 0 spiro atoms. The zero-order chi connectivity index (χ0) is 18.7. The van der Waals surface area contributed by atoms with Gasteiger partial charge in [0.05, 0.1) is 4.90 Å². The maximum absolute atomic E-state index is 13.3. The predicted octanol–water partition coefficient (Wildman–Crippen LogP) is 3.34. The maximum Gasteiger partial charge on any atom is 0.243 e. The van der Waals surface area contributed by atoms with Crippen molar-refractivity contribution < 1.29 is 12.8 Å². The van der Waals surface area contributed by atoms with Gasteiger partial charge in [-0.15, -0.1) is 0 Å². The van der Waals surface area contributed by atoms with Crippen molar-refractivity contribution >= 4 is 10.0 Å². The van der Waals surface area contributed by atoms with Crippen molar-refractivity contribution in [2.75, 3.05) is 26.2 Å². The van der Waals surface area contributed by atoms with Gasteiger partial charge in [0.25, 0.3) is 0 Å². The van der Waals surface area contributed by atoms with Gasteiger partial charge >= 0.3 is 0 Å². The number of aryl methyl sites for hydroxylation is 2. The van der Waals surface area contributed by atoms with E-state index in [1.165, 1.54) is 33.6 Å². The third kappa shape index (κ3) is 4.31. The molecule has 6 heteroatoms. The van der Waals surface area contributed by atoms with Crippen LogP contribution in [0.1, 0.15) is 23.1 Å². The van der Waals surface area contributed by atoms with E-state index >= 15 is 0 Å². The summed E-state index contributed by atoms with van der Waals surface area (Å²) in [5.74, 6) is -0.415. The first-order valence-corrected chi connectivity index (χ1v) is 10.3. The molecule has 1 fully saturated rings. The van der Waals surface area contributed by atoms with Gasteiger partial charge in [0, 0.05) is 26.2 Å². The highest BCUT2D eigenvalue weighted by Gasteiger charge is 2.28. The van der Waals surface area contributed by atoms with Crippen LogP contribution in [0.3, 0.4) is 0 Å². The van der Waals surface area contributed by atoms with E-state index in [-0.39, 0.29) is 4.90 Å². The lowest BCUT2D eigenvalue weighted by Gasteiger charge is -2.22. The fourth-order valence-electron chi connectivity index (χ4n) is 3.34. The minimum atomic E-state index is -3.59. The fourth-order valence-corrected chi connectivity index (χ4v) is 5.01. The molecule has 0 amide bonds. The average molecular weight is 376 g/mol. The summed E-state index contributed by atoms with van der Waals surface area (Å²) in [5, 5.41) is 0. The zero-order valence-corrected chi connectivity index (χ0v) is 16.1. The summed E-state index contributed by atoms with van der Waals surface area (Å²) in [7, 11) is -3.59.